The summed E-state index contributed by atoms with van der Waals surface area (Å²) in [5.74, 6) is -0.249. The standard InChI is InChI=1S/C13H16BrFO2/c14-13-7-10(15)2-1-9(13)8-17-12-5-3-11(16)4-6-12/h1-2,7,11-12,16H,3-6,8H2. The van der Waals surface area contributed by atoms with Crippen molar-refractivity contribution in [2.75, 3.05) is 0 Å². The molecule has 94 valence electrons. The zero-order chi connectivity index (χ0) is 12.3. The molecule has 0 amide bonds. The molecule has 0 atom stereocenters. The van der Waals surface area contributed by atoms with Gasteiger partial charge in [0.15, 0.2) is 0 Å². The molecule has 1 aliphatic rings. The molecule has 0 aliphatic heterocycles. The van der Waals surface area contributed by atoms with Gasteiger partial charge in [0.2, 0.25) is 0 Å². The van der Waals surface area contributed by atoms with Gasteiger partial charge in [0.05, 0.1) is 18.8 Å². The number of rotatable bonds is 3. The van der Waals surface area contributed by atoms with Crippen LogP contribution in [0.3, 0.4) is 0 Å². The molecule has 0 bridgehead atoms. The van der Waals surface area contributed by atoms with Crippen LogP contribution >= 0.6 is 15.9 Å². The first-order valence-electron chi connectivity index (χ1n) is 5.89. The first-order chi connectivity index (χ1) is 8.15. The van der Waals surface area contributed by atoms with Gasteiger partial charge in [-0.1, -0.05) is 22.0 Å². The van der Waals surface area contributed by atoms with Crippen LogP contribution in [0.5, 0.6) is 0 Å². The summed E-state index contributed by atoms with van der Waals surface area (Å²) < 4.78 is 19.4. The van der Waals surface area contributed by atoms with E-state index in [4.69, 9.17) is 4.74 Å². The first-order valence-corrected chi connectivity index (χ1v) is 6.68. The topological polar surface area (TPSA) is 29.5 Å². The average molecular weight is 303 g/mol. The highest BCUT2D eigenvalue weighted by molar-refractivity contribution is 9.10. The normalized spacial score (nSPS) is 24.9. The molecule has 1 saturated carbocycles. The lowest BCUT2D eigenvalue weighted by Crippen LogP contribution is -2.24. The fourth-order valence-corrected chi connectivity index (χ4v) is 2.52. The Labute approximate surface area is 109 Å². The highest BCUT2D eigenvalue weighted by Crippen LogP contribution is 2.24. The van der Waals surface area contributed by atoms with Crippen molar-refractivity contribution in [2.24, 2.45) is 0 Å². The lowest BCUT2D eigenvalue weighted by Gasteiger charge is -2.25. The van der Waals surface area contributed by atoms with Crippen LogP contribution in [0.1, 0.15) is 31.2 Å². The van der Waals surface area contributed by atoms with E-state index in [0.717, 1.165) is 35.7 Å². The van der Waals surface area contributed by atoms with Crippen molar-refractivity contribution in [1.29, 1.82) is 0 Å². The Hall–Kier alpha value is -0.450. The van der Waals surface area contributed by atoms with Crippen LogP contribution in [0.15, 0.2) is 22.7 Å². The smallest absolute Gasteiger partial charge is 0.124 e. The van der Waals surface area contributed by atoms with E-state index in [2.05, 4.69) is 15.9 Å². The van der Waals surface area contributed by atoms with Crippen molar-refractivity contribution in [2.45, 2.75) is 44.5 Å². The Bertz CT molecular complexity index is 376. The number of hydrogen-bond donors (Lipinski definition) is 1. The molecular weight excluding hydrogens is 287 g/mol. The summed E-state index contributed by atoms with van der Waals surface area (Å²) in [4.78, 5) is 0. The van der Waals surface area contributed by atoms with E-state index in [1.54, 1.807) is 6.07 Å². The van der Waals surface area contributed by atoms with Crippen LogP contribution in [0, 0.1) is 5.82 Å². The van der Waals surface area contributed by atoms with Crippen LogP contribution in [-0.4, -0.2) is 17.3 Å². The molecule has 0 spiro atoms. The molecule has 2 rings (SSSR count). The summed E-state index contributed by atoms with van der Waals surface area (Å²) in [7, 11) is 0. The Morgan fingerprint density at radius 3 is 2.65 bits per heavy atom. The van der Waals surface area contributed by atoms with E-state index in [1.807, 2.05) is 0 Å². The van der Waals surface area contributed by atoms with E-state index in [0.29, 0.717) is 6.61 Å². The van der Waals surface area contributed by atoms with Gasteiger partial charge in [-0.15, -0.1) is 0 Å². The highest BCUT2D eigenvalue weighted by atomic mass is 79.9. The number of aliphatic hydroxyl groups is 1. The monoisotopic (exact) mass is 302 g/mol. The van der Waals surface area contributed by atoms with E-state index in [-0.39, 0.29) is 18.0 Å². The summed E-state index contributed by atoms with van der Waals surface area (Å²) in [5, 5.41) is 9.38. The molecule has 0 heterocycles. The first kappa shape index (κ1) is 13.0. The highest BCUT2D eigenvalue weighted by Gasteiger charge is 2.19. The largest absolute Gasteiger partial charge is 0.393 e. The van der Waals surface area contributed by atoms with Gasteiger partial charge in [-0.3, -0.25) is 0 Å². The maximum atomic E-state index is 12.9. The molecule has 2 nitrogen and oxygen atoms in total. The summed E-state index contributed by atoms with van der Waals surface area (Å²) in [6.45, 7) is 0.488. The fourth-order valence-electron chi connectivity index (χ4n) is 2.06. The van der Waals surface area contributed by atoms with Gasteiger partial charge >= 0.3 is 0 Å². The van der Waals surface area contributed by atoms with Gasteiger partial charge in [0.1, 0.15) is 5.82 Å². The molecular formula is C13H16BrFO2. The molecule has 1 aromatic carbocycles. The molecule has 1 aliphatic carbocycles. The van der Waals surface area contributed by atoms with Crippen LogP contribution in [0.4, 0.5) is 4.39 Å². The van der Waals surface area contributed by atoms with Crippen molar-refractivity contribution >= 4 is 15.9 Å². The second-order valence-corrected chi connectivity index (χ2v) is 5.33. The number of hydrogen-bond acceptors (Lipinski definition) is 2. The third kappa shape index (κ3) is 3.76. The van der Waals surface area contributed by atoms with Crippen LogP contribution in [-0.2, 0) is 11.3 Å². The van der Waals surface area contributed by atoms with Gasteiger partial charge in [0.25, 0.3) is 0 Å². The van der Waals surface area contributed by atoms with Gasteiger partial charge in [-0.25, -0.2) is 4.39 Å². The van der Waals surface area contributed by atoms with Crippen molar-refractivity contribution in [3.8, 4) is 0 Å². The minimum atomic E-state index is -0.249. The Morgan fingerprint density at radius 2 is 2.00 bits per heavy atom. The van der Waals surface area contributed by atoms with E-state index in [1.165, 1.54) is 12.1 Å². The molecule has 1 fully saturated rings. The predicted molar refractivity (Wildman–Crippen MR) is 67.2 cm³/mol. The predicted octanol–water partition coefficient (Wildman–Crippen LogP) is 3.41. The Kier molecular flexibility index (Phi) is 4.54. The second-order valence-electron chi connectivity index (χ2n) is 4.48. The van der Waals surface area contributed by atoms with Crippen LogP contribution in [0.25, 0.3) is 0 Å². The molecule has 1 aromatic rings. The molecule has 17 heavy (non-hydrogen) atoms. The van der Waals surface area contributed by atoms with Crippen molar-refractivity contribution in [3.05, 3.63) is 34.1 Å². The molecule has 0 unspecified atom stereocenters. The number of aliphatic hydroxyl groups excluding tert-OH is 1. The lowest BCUT2D eigenvalue weighted by molar-refractivity contribution is -0.0120. The summed E-state index contributed by atoms with van der Waals surface area (Å²) >= 11 is 3.32. The minimum absolute atomic E-state index is 0.160. The zero-order valence-electron chi connectivity index (χ0n) is 9.53. The van der Waals surface area contributed by atoms with Crippen LogP contribution in [0.2, 0.25) is 0 Å². The summed E-state index contributed by atoms with van der Waals surface area (Å²) in [5.41, 5.74) is 0.956. The van der Waals surface area contributed by atoms with E-state index < -0.39 is 0 Å². The van der Waals surface area contributed by atoms with Gasteiger partial charge in [-0.05, 0) is 43.4 Å². The Balaban J connectivity index is 1.85. The Morgan fingerprint density at radius 1 is 1.29 bits per heavy atom. The molecule has 1 N–H and O–H groups in total. The fraction of sp³-hybridized carbons (Fsp3) is 0.538. The van der Waals surface area contributed by atoms with Crippen molar-refractivity contribution in [3.63, 3.8) is 0 Å². The quantitative estimate of drug-likeness (QED) is 0.927. The SMILES string of the molecule is OC1CCC(OCc2ccc(F)cc2Br)CC1. The lowest BCUT2D eigenvalue weighted by atomic mass is 9.95. The number of ether oxygens (including phenoxy) is 1. The maximum Gasteiger partial charge on any atom is 0.124 e. The van der Waals surface area contributed by atoms with Gasteiger partial charge in [-0.2, -0.15) is 0 Å². The zero-order valence-corrected chi connectivity index (χ0v) is 11.1. The van der Waals surface area contributed by atoms with E-state index >= 15 is 0 Å². The van der Waals surface area contributed by atoms with Crippen molar-refractivity contribution < 1.29 is 14.2 Å². The van der Waals surface area contributed by atoms with Crippen molar-refractivity contribution in [1.82, 2.24) is 0 Å². The van der Waals surface area contributed by atoms with Gasteiger partial charge in [0, 0.05) is 4.47 Å². The van der Waals surface area contributed by atoms with E-state index in [9.17, 15) is 9.50 Å². The summed E-state index contributed by atoms with van der Waals surface area (Å²) in [6, 6.07) is 4.62. The molecule has 0 radical (unpaired) electrons. The second kappa shape index (κ2) is 5.94. The number of benzene rings is 1. The van der Waals surface area contributed by atoms with Gasteiger partial charge < -0.3 is 9.84 Å². The third-order valence-electron chi connectivity index (χ3n) is 3.13. The minimum Gasteiger partial charge on any atom is -0.393 e. The third-order valence-corrected chi connectivity index (χ3v) is 3.87. The molecule has 4 heteroatoms. The summed E-state index contributed by atoms with van der Waals surface area (Å²) in [6.07, 6.45) is 3.49. The maximum absolute atomic E-state index is 12.9. The molecule has 0 aromatic heterocycles. The average Bonchev–Trinajstić information content (AvgIpc) is 2.30. The van der Waals surface area contributed by atoms with Crippen LogP contribution < -0.4 is 0 Å². The number of halogens is 2. The molecule has 0 saturated heterocycles.